The van der Waals surface area contributed by atoms with Crippen LogP contribution in [0.4, 0.5) is 0 Å². The van der Waals surface area contributed by atoms with Gasteiger partial charge in [-0.2, -0.15) is 0 Å². The van der Waals surface area contributed by atoms with Gasteiger partial charge in [0.25, 0.3) is 0 Å². The van der Waals surface area contributed by atoms with Gasteiger partial charge in [-0.05, 0) is 50.4 Å². The van der Waals surface area contributed by atoms with Crippen LogP contribution >= 0.6 is 0 Å². The van der Waals surface area contributed by atoms with Gasteiger partial charge >= 0.3 is 0 Å². The summed E-state index contributed by atoms with van der Waals surface area (Å²) in [4.78, 5) is 12.0. The molecule has 0 N–H and O–H groups in total. The zero-order valence-corrected chi connectivity index (χ0v) is 14.2. The summed E-state index contributed by atoms with van der Waals surface area (Å²) in [6.07, 6.45) is 5.64. The maximum atomic E-state index is 4.76. The van der Waals surface area contributed by atoms with E-state index < -0.39 is 0 Å². The van der Waals surface area contributed by atoms with Gasteiger partial charge in [-0.25, -0.2) is 4.98 Å². The second-order valence-corrected chi connectivity index (χ2v) is 6.72. The van der Waals surface area contributed by atoms with Gasteiger partial charge < -0.3 is 4.90 Å². The Kier molecular flexibility index (Phi) is 4.26. The van der Waals surface area contributed by atoms with E-state index in [-0.39, 0.29) is 0 Å². The van der Waals surface area contributed by atoms with Gasteiger partial charge in [0.15, 0.2) is 0 Å². The lowest BCUT2D eigenvalue weighted by molar-refractivity contribution is 0.272. The highest BCUT2D eigenvalue weighted by atomic mass is 15.2. The molecule has 1 saturated heterocycles. The third kappa shape index (κ3) is 3.17. The van der Waals surface area contributed by atoms with Crippen LogP contribution in [-0.2, 0) is 6.42 Å². The minimum atomic E-state index is 0.735. The molecule has 3 aromatic rings. The molecular formula is C21H23N3. The van der Waals surface area contributed by atoms with Crippen molar-refractivity contribution in [1.82, 2.24) is 14.9 Å². The number of nitrogens with zero attached hydrogens (tertiary/aromatic N) is 3. The molecule has 0 saturated carbocycles. The Morgan fingerprint density at radius 1 is 1.08 bits per heavy atom. The van der Waals surface area contributed by atoms with Gasteiger partial charge in [0.05, 0.1) is 22.9 Å². The summed E-state index contributed by atoms with van der Waals surface area (Å²) in [5.41, 5.74) is 5.35. The van der Waals surface area contributed by atoms with Crippen molar-refractivity contribution in [1.29, 1.82) is 0 Å². The van der Waals surface area contributed by atoms with Crippen LogP contribution in [0.3, 0.4) is 0 Å². The maximum Gasteiger partial charge on any atom is 0.0894 e. The van der Waals surface area contributed by atoms with E-state index in [4.69, 9.17) is 4.98 Å². The van der Waals surface area contributed by atoms with E-state index in [0.29, 0.717) is 0 Å². The van der Waals surface area contributed by atoms with E-state index in [9.17, 15) is 0 Å². The number of benzene rings is 2. The standard InChI is InChI=1S/C21H23N3/c1-16-6-5-12-24(16)13-11-17-9-10-19-20(14-17)22-15-21(23-19)18-7-3-2-4-8-18/h2-4,7-10,14-16H,5-6,11-13H2,1H3/t16-/m1/s1. The van der Waals surface area contributed by atoms with Crippen LogP contribution < -0.4 is 0 Å². The number of hydrogen-bond acceptors (Lipinski definition) is 3. The van der Waals surface area contributed by atoms with E-state index in [1.165, 1.54) is 24.9 Å². The van der Waals surface area contributed by atoms with Crippen molar-refractivity contribution >= 4 is 11.0 Å². The normalized spacial score (nSPS) is 18.3. The fourth-order valence-corrected chi connectivity index (χ4v) is 3.56. The molecule has 122 valence electrons. The van der Waals surface area contributed by atoms with Gasteiger partial charge in [-0.3, -0.25) is 4.98 Å². The first-order valence-corrected chi connectivity index (χ1v) is 8.85. The topological polar surface area (TPSA) is 29.0 Å². The van der Waals surface area contributed by atoms with Crippen molar-refractivity contribution < 1.29 is 0 Å². The number of fused-ring (bicyclic) bond motifs is 1. The third-order valence-corrected chi connectivity index (χ3v) is 5.05. The number of hydrogen-bond donors (Lipinski definition) is 0. The summed E-state index contributed by atoms with van der Waals surface area (Å²) in [6.45, 7) is 4.72. The van der Waals surface area contributed by atoms with E-state index >= 15 is 0 Å². The summed E-state index contributed by atoms with van der Waals surface area (Å²) in [6, 6.07) is 17.5. The van der Waals surface area contributed by atoms with Crippen molar-refractivity contribution in [3.05, 3.63) is 60.3 Å². The van der Waals surface area contributed by atoms with Crippen LogP contribution in [0, 0.1) is 0 Å². The van der Waals surface area contributed by atoms with Gasteiger partial charge in [-0.15, -0.1) is 0 Å². The summed E-state index contributed by atoms with van der Waals surface area (Å²) >= 11 is 0. The highest BCUT2D eigenvalue weighted by molar-refractivity contribution is 5.77. The predicted molar refractivity (Wildman–Crippen MR) is 98.9 cm³/mol. The Hall–Kier alpha value is -2.26. The van der Waals surface area contributed by atoms with E-state index in [0.717, 1.165) is 41.3 Å². The maximum absolute atomic E-state index is 4.76. The lowest BCUT2D eigenvalue weighted by Gasteiger charge is -2.20. The molecule has 0 amide bonds. The monoisotopic (exact) mass is 317 g/mol. The Bertz CT molecular complexity index is 829. The van der Waals surface area contributed by atoms with Crippen LogP contribution in [-0.4, -0.2) is 34.0 Å². The first-order valence-electron chi connectivity index (χ1n) is 8.85. The molecule has 4 rings (SSSR count). The number of likely N-dealkylation sites (tertiary alicyclic amines) is 1. The average Bonchev–Trinajstić information content (AvgIpc) is 3.05. The molecule has 0 unspecified atom stereocenters. The molecule has 2 heterocycles. The van der Waals surface area contributed by atoms with Crippen LogP contribution in [0.25, 0.3) is 22.3 Å². The highest BCUT2D eigenvalue weighted by Crippen LogP contribution is 2.21. The molecule has 3 heteroatoms. The SMILES string of the molecule is C[C@@H]1CCCN1CCc1ccc2nc(-c3ccccc3)cnc2c1. The number of aromatic nitrogens is 2. The molecule has 0 spiro atoms. The second-order valence-electron chi connectivity index (χ2n) is 6.72. The molecule has 1 aromatic heterocycles. The van der Waals surface area contributed by atoms with Gasteiger partial charge in [0.2, 0.25) is 0 Å². The quantitative estimate of drug-likeness (QED) is 0.717. The van der Waals surface area contributed by atoms with E-state index in [2.05, 4.69) is 47.1 Å². The Morgan fingerprint density at radius 3 is 2.75 bits per heavy atom. The molecule has 1 aliphatic heterocycles. The molecule has 0 bridgehead atoms. The van der Waals surface area contributed by atoms with Gasteiger partial charge in [-0.1, -0.05) is 36.4 Å². The van der Waals surface area contributed by atoms with Gasteiger partial charge in [0.1, 0.15) is 0 Å². The van der Waals surface area contributed by atoms with Crippen LogP contribution in [0.15, 0.2) is 54.7 Å². The highest BCUT2D eigenvalue weighted by Gasteiger charge is 2.19. The van der Waals surface area contributed by atoms with Crippen LogP contribution in [0.5, 0.6) is 0 Å². The smallest absolute Gasteiger partial charge is 0.0894 e. The van der Waals surface area contributed by atoms with Crippen molar-refractivity contribution in [2.75, 3.05) is 13.1 Å². The summed E-state index contributed by atoms with van der Waals surface area (Å²) in [7, 11) is 0. The van der Waals surface area contributed by atoms with Crippen LogP contribution in [0.2, 0.25) is 0 Å². The van der Waals surface area contributed by atoms with E-state index in [1.807, 2.05) is 24.4 Å². The first-order chi connectivity index (χ1) is 11.8. The summed E-state index contributed by atoms with van der Waals surface area (Å²) in [5.74, 6) is 0. The zero-order valence-electron chi connectivity index (χ0n) is 14.2. The summed E-state index contributed by atoms with van der Waals surface area (Å²) < 4.78 is 0. The van der Waals surface area contributed by atoms with Crippen molar-refractivity contribution in [3.8, 4) is 11.3 Å². The zero-order chi connectivity index (χ0) is 16.4. The Balaban J connectivity index is 1.53. The molecular weight excluding hydrogens is 294 g/mol. The second kappa shape index (κ2) is 6.70. The Labute approximate surface area is 143 Å². The Morgan fingerprint density at radius 2 is 1.96 bits per heavy atom. The molecule has 1 atom stereocenters. The number of rotatable bonds is 4. The predicted octanol–water partition coefficient (Wildman–Crippen LogP) is 4.32. The first kappa shape index (κ1) is 15.3. The summed E-state index contributed by atoms with van der Waals surface area (Å²) in [5, 5.41) is 0. The molecule has 0 aliphatic carbocycles. The lowest BCUT2D eigenvalue weighted by atomic mass is 10.1. The molecule has 3 nitrogen and oxygen atoms in total. The molecule has 24 heavy (non-hydrogen) atoms. The van der Waals surface area contributed by atoms with Gasteiger partial charge in [0, 0.05) is 18.2 Å². The van der Waals surface area contributed by atoms with Crippen molar-refractivity contribution in [3.63, 3.8) is 0 Å². The molecule has 2 aromatic carbocycles. The minimum absolute atomic E-state index is 0.735. The molecule has 1 aliphatic rings. The molecule has 1 fully saturated rings. The average molecular weight is 317 g/mol. The van der Waals surface area contributed by atoms with Crippen molar-refractivity contribution in [2.24, 2.45) is 0 Å². The molecule has 0 radical (unpaired) electrons. The lowest BCUT2D eigenvalue weighted by Crippen LogP contribution is -2.28. The fraction of sp³-hybridized carbons (Fsp3) is 0.333. The van der Waals surface area contributed by atoms with Crippen molar-refractivity contribution in [2.45, 2.75) is 32.2 Å². The third-order valence-electron chi connectivity index (χ3n) is 5.05. The van der Waals surface area contributed by atoms with Crippen LogP contribution in [0.1, 0.15) is 25.3 Å². The largest absolute Gasteiger partial charge is 0.300 e. The minimum Gasteiger partial charge on any atom is -0.300 e. The fourth-order valence-electron chi connectivity index (χ4n) is 3.56. The van der Waals surface area contributed by atoms with E-state index in [1.54, 1.807) is 0 Å².